The predicted molar refractivity (Wildman–Crippen MR) is 192 cm³/mol. The average molecular weight is 627 g/mol. The molecule has 5 nitrogen and oxygen atoms in total. The molecule has 0 spiro atoms. The fourth-order valence-corrected chi connectivity index (χ4v) is 9.97. The van der Waals surface area contributed by atoms with Gasteiger partial charge in [-0.25, -0.2) is 15.0 Å². The minimum atomic E-state index is -1.57. The van der Waals surface area contributed by atoms with Crippen LogP contribution in [0, 0.1) is 0 Å². The summed E-state index contributed by atoms with van der Waals surface area (Å²) in [7, 11) is -1.57. The lowest BCUT2D eigenvalue weighted by Gasteiger charge is -2.38. The number of nitrogens with zero attached hydrogens (tertiary/aromatic N) is 4. The third-order valence-corrected chi connectivity index (χ3v) is 11.8. The van der Waals surface area contributed by atoms with Crippen molar-refractivity contribution < 1.29 is 4.74 Å². The fraction of sp³-hybridized carbons (Fsp3) is 0.0488. The molecule has 2 aliphatic rings. The van der Waals surface area contributed by atoms with Gasteiger partial charge in [0.05, 0.1) is 17.1 Å². The minimum Gasteiger partial charge on any atom is -0.453 e. The number of para-hydroxylation sites is 4. The van der Waals surface area contributed by atoms with E-state index in [1.54, 1.807) is 0 Å². The summed E-state index contributed by atoms with van der Waals surface area (Å²) in [6, 6.07) is 50.2. The Labute approximate surface area is 275 Å². The summed E-state index contributed by atoms with van der Waals surface area (Å²) in [4.78, 5) is 20.2. The van der Waals surface area contributed by atoms with Crippen molar-refractivity contribution in [3.63, 3.8) is 0 Å². The van der Waals surface area contributed by atoms with E-state index in [1.165, 1.54) is 26.6 Å². The van der Waals surface area contributed by atoms with E-state index >= 15 is 0 Å². The molecule has 0 amide bonds. The number of hydrogen-bond acceptors (Lipinski definition) is 5. The van der Waals surface area contributed by atoms with E-state index in [1.807, 2.05) is 60.7 Å². The SMILES string of the molecule is CS1(C)c2c(-c3nc(-c4ccccc4)nc(-c4ccccc4)n3)cccc2-c2cccc(N3c4ccccc4Oc4ccccc43)c21. The van der Waals surface area contributed by atoms with Gasteiger partial charge in [-0.2, -0.15) is 10.0 Å². The summed E-state index contributed by atoms with van der Waals surface area (Å²) in [5, 5.41) is 0. The second kappa shape index (κ2) is 10.7. The maximum absolute atomic E-state index is 6.38. The molecule has 7 aromatic rings. The van der Waals surface area contributed by atoms with Crippen LogP contribution in [-0.2, 0) is 0 Å². The first kappa shape index (κ1) is 27.6. The number of rotatable bonds is 4. The van der Waals surface area contributed by atoms with E-state index in [4.69, 9.17) is 19.7 Å². The molecular weight excluding hydrogens is 597 g/mol. The largest absolute Gasteiger partial charge is 0.453 e. The van der Waals surface area contributed by atoms with Crippen molar-refractivity contribution in [3.05, 3.63) is 146 Å². The Morgan fingerprint density at radius 3 is 1.47 bits per heavy atom. The molecule has 0 bridgehead atoms. The highest BCUT2D eigenvalue weighted by Crippen LogP contribution is 2.72. The number of hydrogen-bond donors (Lipinski definition) is 0. The Morgan fingerprint density at radius 2 is 0.872 bits per heavy atom. The number of aromatic nitrogens is 3. The van der Waals surface area contributed by atoms with E-state index in [-0.39, 0.29) is 0 Å². The molecule has 3 heterocycles. The maximum Gasteiger partial charge on any atom is 0.165 e. The first-order valence-electron chi connectivity index (χ1n) is 15.6. The van der Waals surface area contributed by atoms with E-state index < -0.39 is 10.0 Å². The lowest BCUT2D eigenvalue weighted by Crippen LogP contribution is -2.17. The molecule has 0 saturated carbocycles. The summed E-state index contributed by atoms with van der Waals surface area (Å²) in [6.07, 6.45) is 4.81. The molecule has 6 heteroatoms. The zero-order valence-electron chi connectivity index (χ0n) is 26.0. The molecule has 2 aliphatic heterocycles. The molecule has 0 unspecified atom stereocenters. The van der Waals surface area contributed by atoms with Gasteiger partial charge in [0.25, 0.3) is 0 Å². The number of ether oxygens (including phenoxy) is 1. The normalized spacial score (nSPS) is 14.3. The molecule has 0 saturated heterocycles. The highest BCUT2D eigenvalue weighted by Gasteiger charge is 2.39. The Bertz CT molecular complexity index is 2220. The monoisotopic (exact) mass is 626 g/mol. The van der Waals surface area contributed by atoms with Crippen molar-refractivity contribution in [2.24, 2.45) is 0 Å². The third-order valence-electron chi connectivity index (χ3n) is 8.93. The molecule has 9 rings (SSSR count). The summed E-state index contributed by atoms with van der Waals surface area (Å²) in [5.74, 6) is 3.71. The second-order valence-electron chi connectivity index (χ2n) is 12.1. The molecule has 47 heavy (non-hydrogen) atoms. The third kappa shape index (κ3) is 4.37. The van der Waals surface area contributed by atoms with Crippen molar-refractivity contribution in [1.29, 1.82) is 0 Å². The molecule has 226 valence electrons. The number of benzene rings is 6. The smallest absolute Gasteiger partial charge is 0.165 e. The van der Waals surface area contributed by atoms with Gasteiger partial charge in [-0.15, -0.1) is 0 Å². The number of fused-ring (bicyclic) bond motifs is 5. The van der Waals surface area contributed by atoms with Crippen molar-refractivity contribution >= 4 is 27.1 Å². The van der Waals surface area contributed by atoms with Crippen molar-refractivity contribution in [2.45, 2.75) is 9.79 Å². The summed E-state index contributed by atoms with van der Waals surface area (Å²) >= 11 is 0. The van der Waals surface area contributed by atoms with Crippen molar-refractivity contribution in [2.75, 3.05) is 17.4 Å². The number of anilines is 3. The Morgan fingerprint density at radius 1 is 0.426 bits per heavy atom. The van der Waals surface area contributed by atoms with E-state index in [0.29, 0.717) is 17.5 Å². The van der Waals surface area contributed by atoms with Gasteiger partial charge >= 0.3 is 0 Å². The van der Waals surface area contributed by atoms with Gasteiger partial charge in [0.1, 0.15) is 0 Å². The lowest BCUT2D eigenvalue weighted by molar-refractivity contribution is 0.477. The summed E-state index contributed by atoms with van der Waals surface area (Å²) in [6.45, 7) is 0. The van der Waals surface area contributed by atoms with Gasteiger partial charge in [0.15, 0.2) is 29.0 Å². The zero-order chi connectivity index (χ0) is 31.5. The molecule has 6 aromatic carbocycles. The van der Waals surface area contributed by atoms with Crippen LogP contribution in [0.1, 0.15) is 0 Å². The van der Waals surface area contributed by atoms with Crippen LogP contribution in [0.3, 0.4) is 0 Å². The standard InChI is InChI=1S/C41H30N4OS/c1-47(2)37-29(30-20-14-24-34(38(30)47)45-32-22-9-11-25-35(32)46-36-26-12-10-23-33(36)45)19-13-21-31(37)41-43-39(27-15-5-3-6-16-27)42-40(44-41)28-17-7-4-8-18-28/h3-26H,1-2H3. The van der Waals surface area contributed by atoms with Gasteiger partial charge in [-0.1, -0.05) is 115 Å². The van der Waals surface area contributed by atoms with Crippen molar-refractivity contribution in [3.8, 4) is 56.8 Å². The first-order chi connectivity index (χ1) is 23.1. The van der Waals surface area contributed by atoms with E-state index in [0.717, 1.165) is 39.6 Å². The average Bonchev–Trinajstić information content (AvgIpc) is 3.37. The van der Waals surface area contributed by atoms with Gasteiger partial charge < -0.3 is 9.64 Å². The highest BCUT2D eigenvalue weighted by atomic mass is 32.3. The van der Waals surface area contributed by atoms with Gasteiger partial charge in [0.2, 0.25) is 0 Å². The molecule has 0 radical (unpaired) electrons. The highest BCUT2D eigenvalue weighted by molar-refractivity contribution is 8.33. The molecule has 0 fully saturated rings. The molecule has 0 aliphatic carbocycles. The summed E-state index contributed by atoms with van der Waals surface area (Å²) < 4.78 is 6.38. The first-order valence-corrected chi connectivity index (χ1v) is 18.1. The fourth-order valence-electron chi connectivity index (χ4n) is 6.92. The lowest BCUT2D eigenvalue weighted by atomic mass is 10.0. The zero-order valence-corrected chi connectivity index (χ0v) is 26.8. The van der Waals surface area contributed by atoms with Gasteiger partial charge in [-0.05, 0) is 54.0 Å². The van der Waals surface area contributed by atoms with Crippen LogP contribution in [0.2, 0.25) is 0 Å². The Hall–Kier alpha value is -5.72. The second-order valence-corrected chi connectivity index (χ2v) is 15.5. The van der Waals surface area contributed by atoms with E-state index in [2.05, 4.69) is 102 Å². The van der Waals surface area contributed by atoms with Crippen LogP contribution in [-0.4, -0.2) is 27.5 Å². The van der Waals surface area contributed by atoms with Crippen molar-refractivity contribution in [1.82, 2.24) is 15.0 Å². The van der Waals surface area contributed by atoms with Gasteiger partial charge in [-0.3, -0.25) is 0 Å². The topological polar surface area (TPSA) is 51.1 Å². The van der Waals surface area contributed by atoms with Crippen LogP contribution < -0.4 is 9.64 Å². The van der Waals surface area contributed by atoms with Crippen LogP contribution in [0.25, 0.3) is 45.3 Å². The molecule has 0 N–H and O–H groups in total. The minimum absolute atomic E-state index is 0.664. The molecule has 1 aromatic heterocycles. The molecular formula is C41H30N4OS. The molecule has 0 atom stereocenters. The summed E-state index contributed by atoms with van der Waals surface area (Å²) in [5.41, 5.74) is 8.68. The predicted octanol–water partition coefficient (Wildman–Crippen LogP) is 10.9. The van der Waals surface area contributed by atoms with Gasteiger partial charge in [0, 0.05) is 26.5 Å². The quantitative estimate of drug-likeness (QED) is 0.195. The van der Waals surface area contributed by atoms with E-state index in [9.17, 15) is 0 Å². The van der Waals surface area contributed by atoms with Crippen LogP contribution in [0.4, 0.5) is 17.1 Å². The Kier molecular flexibility index (Phi) is 6.27. The van der Waals surface area contributed by atoms with Crippen LogP contribution in [0.15, 0.2) is 155 Å². The van der Waals surface area contributed by atoms with Crippen LogP contribution >= 0.6 is 10.0 Å². The maximum atomic E-state index is 6.38. The van der Waals surface area contributed by atoms with Crippen LogP contribution in [0.5, 0.6) is 11.5 Å². The Balaban J connectivity index is 1.26.